The second-order valence-corrected chi connectivity index (χ2v) is 3.84. The molecule has 0 spiro atoms. The van der Waals surface area contributed by atoms with Gasteiger partial charge in [0.15, 0.2) is 11.5 Å². The van der Waals surface area contributed by atoms with Crippen molar-refractivity contribution in [3.63, 3.8) is 0 Å². The number of carbonyl (C=O) groups is 1. The van der Waals surface area contributed by atoms with E-state index in [0.717, 1.165) is 12.8 Å². The molecule has 0 aromatic heterocycles. The third-order valence-electron chi connectivity index (χ3n) is 2.36. The highest BCUT2D eigenvalue weighted by Gasteiger charge is 2.15. The van der Waals surface area contributed by atoms with Gasteiger partial charge < -0.3 is 15.5 Å². The number of phenols is 2. The lowest BCUT2D eigenvalue weighted by molar-refractivity contribution is 0.0935. The van der Waals surface area contributed by atoms with E-state index >= 15 is 0 Å². The summed E-state index contributed by atoms with van der Waals surface area (Å²) >= 11 is 0. The normalized spacial score (nSPS) is 12.1. The van der Waals surface area contributed by atoms with E-state index in [4.69, 9.17) is 0 Å². The zero-order valence-electron chi connectivity index (χ0n) is 9.53. The number of nitrogens with one attached hydrogen (secondary N) is 1. The molecule has 0 aliphatic heterocycles. The van der Waals surface area contributed by atoms with Gasteiger partial charge in [-0.1, -0.05) is 19.4 Å². The van der Waals surface area contributed by atoms with Gasteiger partial charge in [-0.15, -0.1) is 0 Å². The summed E-state index contributed by atoms with van der Waals surface area (Å²) in [5.41, 5.74) is 0.1000. The number of amides is 1. The van der Waals surface area contributed by atoms with Crippen LogP contribution in [0.5, 0.6) is 11.5 Å². The molecular formula is C12H17NO3. The molecule has 16 heavy (non-hydrogen) atoms. The first-order valence-corrected chi connectivity index (χ1v) is 5.38. The predicted octanol–water partition coefficient (Wildman–Crippen LogP) is 2.02. The summed E-state index contributed by atoms with van der Waals surface area (Å²) < 4.78 is 0. The first-order chi connectivity index (χ1) is 7.56. The van der Waals surface area contributed by atoms with Crippen molar-refractivity contribution in [3.8, 4) is 11.5 Å². The highest BCUT2D eigenvalue weighted by molar-refractivity contribution is 5.97. The Kier molecular flexibility index (Phi) is 4.17. The van der Waals surface area contributed by atoms with Crippen molar-refractivity contribution >= 4 is 5.91 Å². The van der Waals surface area contributed by atoms with Gasteiger partial charge in [0.25, 0.3) is 5.91 Å². The third kappa shape index (κ3) is 2.89. The SMILES string of the molecule is CCCC(C)NC(=O)c1cccc(O)c1O. The summed E-state index contributed by atoms with van der Waals surface area (Å²) in [6.07, 6.45) is 1.86. The standard InChI is InChI=1S/C12H17NO3/c1-3-5-8(2)13-12(16)9-6-4-7-10(14)11(9)15/h4,6-8,14-15H,3,5H2,1-2H3,(H,13,16). The van der Waals surface area contributed by atoms with Crippen LogP contribution in [0.1, 0.15) is 37.0 Å². The maximum atomic E-state index is 11.7. The Hall–Kier alpha value is -1.71. The fourth-order valence-electron chi connectivity index (χ4n) is 1.52. The van der Waals surface area contributed by atoms with Gasteiger partial charge in [0.2, 0.25) is 0 Å². The molecule has 0 radical (unpaired) electrons. The molecule has 1 atom stereocenters. The highest BCUT2D eigenvalue weighted by atomic mass is 16.3. The first kappa shape index (κ1) is 12.4. The van der Waals surface area contributed by atoms with E-state index in [1.165, 1.54) is 18.2 Å². The summed E-state index contributed by atoms with van der Waals surface area (Å²) in [6, 6.07) is 4.39. The smallest absolute Gasteiger partial charge is 0.255 e. The minimum Gasteiger partial charge on any atom is -0.504 e. The van der Waals surface area contributed by atoms with Crippen LogP contribution in [-0.4, -0.2) is 22.2 Å². The van der Waals surface area contributed by atoms with Gasteiger partial charge in [0.05, 0.1) is 5.56 Å². The average Bonchev–Trinajstić information content (AvgIpc) is 2.22. The maximum absolute atomic E-state index is 11.7. The van der Waals surface area contributed by atoms with Crippen LogP contribution < -0.4 is 5.32 Å². The summed E-state index contributed by atoms with van der Waals surface area (Å²) in [5, 5.41) is 21.5. The van der Waals surface area contributed by atoms with Gasteiger partial charge >= 0.3 is 0 Å². The van der Waals surface area contributed by atoms with Crippen LogP contribution in [-0.2, 0) is 0 Å². The molecule has 0 bridgehead atoms. The Bertz CT molecular complexity index is 377. The van der Waals surface area contributed by atoms with Crippen molar-refractivity contribution in [1.29, 1.82) is 0 Å². The van der Waals surface area contributed by atoms with Crippen molar-refractivity contribution in [3.05, 3.63) is 23.8 Å². The van der Waals surface area contributed by atoms with Crippen LogP contribution in [0.3, 0.4) is 0 Å². The molecule has 4 nitrogen and oxygen atoms in total. The molecule has 0 aliphatic rings. The molecule has 0 heterocycles. The Morgan fingerprint density at radius 3 is 2.75 bits per heavy atom. The second-order valence-electron chi connectivity index (χ2n) is 3.84. The van der Waals surface area contributed by atoms with Crippen molar-refractivity contribution in [2.75, 3.05) is 0 Å². The van der Waals surface area contributed by atoms with Crippen LogP contribution in [0.25, 0.3) is 0 Å². The average molecular weight is 223 g/mol. The molecule has 3 N–H and O–H groups in total. The molecule has 0 aliphatic carbocycles. The van der Waals surface area contributed by atoms with Gasteiger partial charge in [-0.05, 0) is 25.5 Å². The topological polar surface area (TPSA) is 69.6 Å². The molecule has 0 fully saturated rings. The number of para-hydroxylation sites is 1. The van der Waals surface area contributed by atoms with Crippen LogP contribution in [0, 0.1) is 0 Å². The fourth-order valence-corrected chi connectivity index (χ4v) is 1.52. The summed E-state index contributed by atoms with van der Waals surface area (Å²) in [4.78, 5) is 11.7. The van der Waals surface area contributed by atoms with E-state index in [1.807, 2.05) is 13.8 Å². The Labute approximate surface area is 94.9 Å². The molecule has 1 aromatic rings. The third-order valence-corrected chi connectivity index (χ3v) is 2.36. The van der Waals surface area contributed by atoms with Crippen LogP contribution >= 0.6 is 0 Å². The summed E-state index contributed by atoms with van der Waals surface area (Å²) in [6.45, 7) is 3.94. The lowest BCUT2D eigenvalue weighted by atomic mass is 10.1. The Balaban J connectivity index is 2.77. The maximum Gasteiger partial charge on any atom is 0.255 e. The first-order valence-electron chi connectivity index (χ1n) is 5.38. The molecule has 1 aromatic carbocycles. The van der Waals surface area contributed by atoms with Crippen molar-refractivity contribution in [1.82, 2.24) is 5.32 Å². The number of phenolic OH excluding ortho intramolecular Hbond substituents is 2. The minimum absolute atomic E-state index is 0.0549. The van der Waals surface area contributed by atoms with Crippen LogP contribution in [0.2, 0.25) is 0 Å². The Morgan fingerprint density at radius 1 is 1.44 bits per heavy atom. The lowest BCUT2D eigenvalue weighted by Gasteiger charge is -2.13. The second kappa shape index (κ2) is 5.39. The molecule has 88 valence electrons. The summed E-state index contributed by atoms with van der Waals surface area (Å²) in [7, 11) is 0. The van der Waals surface area contributed by atoms with Gasteiger partial charge in [-0.25, -0.2) is 0 Å². The predicted molar refractivity (Wildman–Crippen MR) is 61.6 cm³/mol. The minimum atomic E-state index is -0.372. The monoisotopic (exact) mass is 223 g/mol. The molecule has 0 saturated carbocycles. The van der Waals surface area contributed by atoms with Gasteiger partial charge in [0, 0.05) is 6.04 Å². The number of hydrogen-bond acceptors (Lipinski definition) is 3. The zero-order chi connectivity index (χ0) is 12.1. The number of carbonyl (C=O) groups excluding carboxylic acids is 1. The van der Waals surface area contributed by atoms with Crippen molar-refractivity contribution in [2.24, 2.45) is 0 Å². The lowest BCUT2D eigenvalue weighted by Crippen LogP contribution is -2.32. The number of rotatable bonds is 4. The van der Waals surface area contributed by atoms with Crippen LogP contribution in [0.4, 0.5) is 0 Å². The Morgan fingerprint density at radius 2 is 2.12 bits per heavy atom. The number of hydrogen-bond donors (Lipinski definition) is 3. The van der Waals surface area contributed by atoms with E-state index < -0.39 is 0 Å². The molecule has 1 amide bonds. The zero-order valence-corrected chi connectivity index (χ0v) is 9.53. The quantitative estimate of drug-likeness (QED) is 0.684. The number of benzene rings is 1. The van der Waals surface area contributed by atoms with Gasteiger partial charge in [0.1, 0.15) is 0 Å². The van der Waals surface area contributed by atoms with E-state index in [-0.39, 0.29) is 29.0 Å². The number of aromatic hydroxyl groups is 2. The van der Waals surface area contributed by atoms with E-state index in [2.05, 4.69) is 5.32 Å². The largest absolute Gasteiger partial charge is 0.504 e. The molecule has 4 heteroatoms. The van der Waals surface area contributed by atoms with Crippen LogP contribution in [0.15, 0.2) is 18.2 Å². The molecule has 0 saturated heterocycles. The molecule has 1 unspecified atom stereocenters. The van der Waals surface area contributed by atoms with Crippen molar-refractivity contribution in [2.45, 2.75) is 32.7 Å². The highest BCUT2D eigenvalue weighted by Crippen LogP contribution is 2.27. The van der Waals surface area contributed by atoms with Gasteiger partial charge in [-0.3, -0.25) is 4.79 Å². The summed E-state index contributed by atoms with van der Waals surface area (Å²) in [5.74, 6) is -1.02. The molecular weight excluding hydrogens is 206 g/mol. The van der Waals surface area contributed by atoms with Gasteiger partial charge in [-0.2, -0.15) is 0 Å². The van der Waals surface area contributed by atoms with E-state index in [0.29, 0.717) is 0 Å². The van der Waals surface area contributed by atoms with E-state index in [1.54, 1.807) is 0 Å². The fraction of sp³-hybridized carbons (Fsp3) is 0.417. The van der Waals surface area contributed by atoms with Crippen molar-refractivity contribution < 1.29 is 15.0 Å². The molecule has 1 rings (SSSR count). The van der Waals surface area contributed by atoms with E-state index in [9.17, 15) is 15.0 Å².